The third-order valence-electron chi connectivity index (χ3n) is 2.66. The Labute approximate surface area is 77.5 Å². The number of benzene rings is 1. The number of halogens is 1. The Hall–Kier alpha value is -1.09. The highest BCUT2D eigenvalue weighted by molar-refractivity contribution is 5.57. The molecule has 1 aliphatic heterocycles. The van der Waals surface area contributed by atoms with Crippen LogP contribution in [-0.4, -0.2) is 19.1 Å². The first-order valence-electron chi connectivity index (χ1n) is 4.34. The predicted octanol–water partition coefficient (Wildman–Crippen LogP) is 1.93. The Morgan fingerprint density at radius 2 is 2.00 bits per heavy atom. The first kappa shape index (κ1) is 8.51. The van der Waals surface area contributed by atoms with Gasteiger partial charge in [-0.15, -0.1) is 0 Å². The zero-order valence-corrected chi connectivity index (χ0v) is 8.13. The molecule has 0 N–H and O–H groups in total. The van der Waals surface area contributed by atoms with Gasteiger partial charge in [0.25, 0.3) is 0 Å². The zero-order valence-electron chi connectivity index (χ0n) is 8.13. The minimum Gasteiger partial charge on any atom is -0.308 e. The molecule has 2 nitrogen and oxygen atoms in total. The third kappa shape index (κ3) is 1.11. The van der Waals surface area contributed by atoms with Gasteiger partial charge in [-0.2, -0.15) is 0 Å². The standard InChI is InChI=1S/C10H13FN2/c1-7-4-5-9-8(10(7)11)6-12(2)13(9)3/h4-5H,6H2,1-3H3. The smallest absolute Gasteiger partial charge is 0.132 e. The van der Waals surface area contributed by atoms with E-state index < -0.39 is 0 Å². The van der Waals surface area contributed by atoms with Crippen molar-refractivity contribution in [2.75, 3.05) is 19.1 Å². The highest BCUT2D eigenvalue weighted by atomic mass is 19.1. The Bertz CT molecular complexity index is 349. The summed E-state index contributed by atoms with van der Waals surface area (Å²) in [6.07, 6.45) is 0. The van der Waals surface area contributed by atoms with Crippen molar-refractivity contribution in [2.45, 2.75) is 13.5 Å². The van der Waals surface area contributed by atoms with Crippen LogP contribution in [0.2, 0.25) is 0 Å². The molecule has 1 aliphatic rings. The quantitative estimate of drug-likeness (QED) is 0.602. The molecule has 1 aromatic rings. The van der Waals surface area contributed by atoms with Gasteiger partial charge in [0, 0.05) is 26.2 Å². The van der Waals surface area contributed by atoms with Gasteiger partial charge in [-0.3, -0.25) is 0 Å². The zero-order chi connectivity index (χ0) is 9.59. The first-order valence-corrected chi connectivity index (χ1v) is 4.34. The second-order valence-electron chi connectivity index (χ2n) is 3.53. The maximum Gasteiger partial charge on any atom is 0.132 e. The molecule has 0 unspecified atom stereocenters. The second kappa shape index (κ2) is 2.70. The average Bonchev–Trinajstić information content (AvgIpc) is 2.38. The maximum absolute atomic E-state index is 13.6. The lowest BCUT2D eigenvalue weighted by Gasteiger charge is -2.21. The van der Waals surface area contributed by atoms with Crippen LogP contribution >= 0.6 is 0 Å². The molecule has 0 aromatic heterocycles. The van der Waals surface area contributed by atoms with Gasteiger partial charge in [-0.25, -0.2) is 9.40 Å². The average molecular weight is 180 g/mol. The van der Waals surface area contributed by atoms with Crippen LogP contribution in [0.4, 0.5) is 10.1 Å². The van der Waals surface area contributed by atoms with E-state index in [4.69, 9.17) is 0 Å². The molecule has 0 fully saturated rings. The fraction of sp³-hybridized carbons (Fsp3) is 0.400. The molecule has 13 heavy (non-hydrogen) atoms. The summed E-state index contributed by atoms with van der Waals surface area (Å²) >= 11 is 0. The Kier molecular flexibility index (Phi) is 1.77. The number of nitrogens with zero attached hydrogens (tertiary/aromatic N) is 2. The summed E-state index contributed by atoms with van der Waals surface area (Å²) in [5, 5.41) is 3.96. The number of aryl methyl sites for hydroxylation is 1. The van der Waals surface area contributed by atoms with Crippen molar-refractivity contribution in [3.63, 3.8) is 0 Å². The Morgan fingerprint density at radius 1 is 1.31 bits per heavy atom. The lowest BCUT2D eigenvalue weighted by atomic mass is 10.1. The number of hydrazine groups is 1. The monoisotopic (exact) mass is 180 g/mol. The van der Waals surface area contributed by atoms with E-state index in [1.54, 1.807) is 6.92 Å². The molecule has 0 amide bonds. The van der Waals surface area contributed by atoms with Gasteiger partial charge in [-0.05, 0) is 18.6 Å². The first-order chi connectivity index (χ1) is 6.11. The van der Waals surface area contributed by atoms with E-state index in [9.17, 15) is 4.39 Å². The van der Waals surface area contributed by atoms with E-state index in [0.29, 0.717) is 6.54 Å². The molecule has 0 saturated carbocycles. The number of hydrogen-bond donors (Lipinski definition) is 0. The molecule has 0 spiro atoms. The van der Waals surface area contributed by atoms with Crippen LogP contribution in [0.3, 0.4) is 0 Å². The molecule has 2 rings (SSSR count). The van der Waals surface area contributed by atoms with Crippen LogP contribution in [0, 0.1) is 12.7 Å². The van der Waals surface area contributed by atoms with E-state index in [0.717, 1.165) is 16.8 Å². The molecule has 0 aliphatic carbocycles. The van der Waals surface area contributed by atoms with Gasteiger partial charge < -0.3 is 5.01 Å². The second-order valence-corrected chi connectivity index (χ2v) is 3.53. The van der Waals surface area contributed by atoms with Gasteiger partial charge in [0.05, 0.1) is 5.69 Å². The summed E-state index contributed by atoms with van der Waals surface area (Å²) in [5.74, 6) is -0.0614. The van der Waals surface area contributed by atoms with Crippen LogP contribution < -0.4 is 5.01 Å². The lowest BCUT2D eigenvalue weighted by molar-refractivity contribution is 0.341. The summed E-state index contributed by atoms with van der Waals surface area (Å²) in [6, 6.07) is 3.79. The number of rotatable bonds is 0. The minimum absolute atomic E-state index is 0.0614. The summed E-state index contributed by atoms with van der Waals surface area (Å²) < 4.78 is 13.6. The van der Waals surface area contributed by atoms with Crippen molar-refractivity contribution < 1.29 is 4.39 Å². The van der Waals surface area contributed by atoms with Gasteiger partial charge in [0.2, 0.25) is 0 Å². The molecule has 1 aromatic carbocycles. The molecule has 1 heterocycles. The van der Waals surface area contributed by atoms with E-state index >= 15 is 0 Å². The molecule has 0 bridgehead atoms. The number of anilines is 1. The summed E-state index contributed by atoms with van der Waals surface area (Å²) in [6.45, 7) is 2.47. The van der Waals surface area contributed by atoms with Crippen molar-refractivity contribution in [3.05, 3.63) is 29.1 Å². The molecule has 0 atom stereocenters. The normalized spacial score (nSPS) is 16.5. The highest BCUT2D eigenvalue weighted by Crippen LogP contribution is 2.31. The summed E-state index contributed by atoms with van der Waals surface area (Å²) in [5.41, 5.74) is 2.51. The van der Waals surface area contributed by atoms with Crippen LogP contribution in [0.5, 0.6) is 0 Å². The van der Waals surface area contributed by atoms with Gasteiger partial charge >= 0.3 is 0 Å². The molecule has 3 heteroatoms. The van der Waals surface area contributed by atoms with Gasteiger partial charge in [0.15, 0.2) is 0 Å². The highest BCUT2D eigenvalue weighted by Gasteiger charge is 2.24. The van der Waals surface area contributed by atoms with Crippen LogP contribution in [0.25, 0.3) is 0 Å². The Morgan fingerprint density at radius 3 is 2.69 bits per heavy atom. The molecule has 70 valence electrons. The van der Waals surface area contributed by atoms with Crippen LogP contribution in [0.15, 0.2) is 12.1 Å². The molecule has 0 saturated heterocycles. The number of fused-ring (bicyclic) bond motifs is 1. The van der Waals surface area contributed by atoms with Gasteiger partial charge in [0.1, 0.15) is 5.82 Å². The van der Waals surface area contributed by atoms with E-state index in [2.05, 4.69) is 0 Å². The van der Waals surface area contributed by atoms with Crippen LogP contribution in [0.1, 0.15) is 11.1 Å². The van der Waals surface area contributed by atoms with E-state index in [1.807, 2.05) is 36.2 Å². The topological polar surface area (TPSA) is 6.48 Å². The summed E-state index contributed by atoms with van der Waals surface area (Å²) in [4.78, 5) is 0. The minimum atomic E-state index is -0.0614. The van der Waals surface area contributed by atoms with Crippen molar-refractivity contribution >= 4 is 5.69 Å². The van der Waals surface area contributed by atoms with Crippen molar-refractivity contribution in [2.24, 2.45) is 0 Å². The fourth-order valence-electron chi connectivity index (χ4n) is 1.70. The van der Waals surface area contributed by atoms with E-state index in [-0.39, 0.29) is 5.82 Å². The largest absolute Gasteiger partial charge is 0.308 e. The fourth-order valence-corrected chi connectivity index (χ4v) is 1.70. The predicted molar refractivity (Wildman–Crippen MR) is 51.0 cm³/mol. The number of hydrogen-bond acceptors (Lipinski definition) is 2. The van der Waals surface area contributed by atoms with E-state index in [1.165, 1.54) is 0 Å². The SMILES string of the molecule is Cc1ccc2c(c1F)CN(C)N2C. The van der Waals surface area contributed by atoms with Crippen molar-refractivity contribution in [1.82, 2.24) is 5.01 Å². The van der Waals surface area contributed by atoms with Crippen molar-refractivity contribution in [1.29, 1.82) is 0 Å². The molecular formula is C10H13FN2. The molecular weight excluding hydrogens is 167 g/mol. The Balaban J connectivity index is 2.57. The van der Waals surface area contributed by atoms with Gasteiger partial charge in [-0.1, -0.05) is 6.07 Å². The summed E-state index contributed by atoms with van der Waals surface area (Å²) in [7, 11) is 3.90. The molecule has 0 radical (unpaired) electrons. The van der Waals surface area contributed by atoms with Crippen molar-refractivity contribution in [3.8, 4) is 0 Å². The maximum atomic E-state index is 13.6. The van der Waals surface area contributed by atoms with Crippen LogP contribution in [-0.2, 0) is 6.54 Å². The third-order valence-corrected chi connectivity index (χ3v) is 2.66. The lowest BCUT2D eigenvalue weighted by Crippen LogP contribution is -2.29.